The van der Waals surface area contributed by atoms with Gasteiger partial charge in [-0.2, -0.15) is 0 Å². The molecule has 4 rings (SSSR count). The molecule has 2 aromatic rings. The van der Waals surface area contributed by atoms with Gasteiger partial charge in [0, 0.05) is 38.2 Å². The number of hydrogen-bond acceptors (Lipinski definition) is 5. The Hall–Kier alpha value is -2.45. The number of rotatable bonds is 4. The van der Waals surface area contributed by atoms with Crippen LogP contribution < -0.4 is 5.32 Å². The van der Waals surface area contributed by atoms with Crippen molar-refractivity contribution in [2.75, 3.05) is 26.3 Å². The summed E-state index contributed by atoms with van der Waals surface area (Å²) < 4.78 is 13.2. The van der Waals surface area contributed by atoms with Crippen molar-refractivity contribution >= 4 is 17.3 Å². The monoisotopic (exact) mass is 386 g/mol. The van der Waals surface area contributed by atoms with Gasteiger partial charge >= 0.3 is 0 Å². The Morgan fingerprint density at radius 1 is 1.25 bits per heavy atom. The van der Waals surface area contributed by atoms with Crippen molar-refractivity contribution in [2.45, 2.75) is 44.9 Å². The number of nitrogens with one attached hydrogen (secondary N) is 1. The van der Waals surface area contributed by atoms with Crippen LogP contribution in [0.1, 0.15) is 54.2 Å². The van der Waals surface area contributed by atoms with Crippen LogP contribution in [0.5, 0.6) is 0 Å². The average molecular weight is 386 g/mol. The lowest BCUT2D eigenvalue weighted by atomic mass is 10.0. The standard InChI is InChI=1S/C20H26N4O4/c1-3-14(2)21-18(25)16-15-6-4-5-9-24(15)17(22-16)19(26)23-10-7-20(8-11-23)27-12-13-28-20/h4-6,9,14H,3,7-8,10-13H2,1-2H3,(H,21,25). The number of amides is 2. The maximum Gasteiger partial charge on any atom is 0.290 e. The number of carbonyl (C=O) groups is 2. The van der Waals surface area contributed by atoms with Crippen LogP contribution in [0.2, 0.25) is 0 Å². The van der Waals surface area contributed by atoms with Crippen molar-refractivity contribution in [3.63, 3.8) is 0 Å². The summed E-state index contributed by atoms with van der Waals surface area (Å²) in [4.78, 5) is 32.0. The molecule has 150 valence electrons. The highest BCUT2D eigenvalue weighted by Gasteiger charge is 2.41. The molecular weight excluding hydrogens is 360 g/mol. The van der Waals surface area contributed by atoms with E-state index in [1.54, 1.807) is 21.6 Å². The van der Waals surface area contributed by atoms with Crippen molar-refractivity contribution in [1.82, 2.24) is 19.6 Å². The van der Waals surface area contributed by atoms with Gasteiger partial charge in [-0.15, -0.1) is 0 Å². The van der Waals surface area contributed by atoms with E-state index in [0.29, 0.717) is 44.7 Å². The number of piperidine rings is 1. The predicted octanol–water partition coefficient (Wildman–Crippen LogP) is 1.84. The number of hydrogen-bond donors (Lipinski definition) is 1. The van der Waals surface area contributed by atoms with E-state index in [9.17, 15) is 9.59 Å². The predicted molar refractivity (Wildman–Crippen MR) is 102 cm³/mol. The van der Waals surface area contributed by atoms with Crippen LogP contribution in [0, 0.1) is 0 Å². The van der Waals surface area contributed by atoms with E-state index in [1.807, 2.05) is 26.0 Å². The minimum absolute atomic E-state index is 0.0387. The van der Waals surface area contributed by atoms with Crippen LogP contribution in [-0.4, -0.2) is 64.2 Å². The van der Waals surface area contributed by atoms with Gasteiger partial charge in [0.1, 0.15) is 0 Å². The van der Waals surface area contributed by atoms with Gasteiger partial charge in [0.2, 0.25) is 5.82 Å². The number of imidazole rings is 1. The Balaban J connectivity index is 1.58. The lowest BCUT2D eigenvalue weighted by Crippen LogP contribution is -2.47. The Morgan fingerprint density at radius 2 is 1.96 bits per heavy atom. The van der Waals surface area contributed by atoms with Gasteiger partial charge in [0.05, 0.1) is 18.7 Å². The van der Waals surface area contributed by atoms with Gasteiger partial charge in [0.25, 0.3) is 11.8 Å². The van der Waals surface area contributed by atoms with Crippen molar-refractivity contribution in [3.8, 4) is 0 Å². The maximum absolute atomic E-state index is 13.2. The van der Waals surface area contributed by atoms with Crippen LogP contribution in [0.3, 0.4) is 0 Å². The third-order valence-electron chi connectivity index (χ3n) is 5.57. The van der Waals surface area contributed by atoms with E-state index < -0.39 is 5.79 Å². The molecule has 0 saturated carbocycles. The van der Waals surface area contributed by atoms with Gasteiger partial charge in [-0.25, -0.2) is 4.98 Å². The Labute approximate surface area is 163 Å². The normalized spacial score (nSPS) is 19.9. The first-order valence-corrected chi connectivity index (χ1v) is 9.88. The van der Waals surface area contributed by atoms with Gasteiger partial charge in [-0.3, -0.25) is 14.0 Å². The zero-order valence-corrected chi connectivity index (χ0v) is 16.3. The van der Waals surface area contributed by atoms with E-state index in [0.717, 1.165) is 6.42 Å². The lowest BCUT2D eigenvalue weighted by Gasteiger charge is -2.37. The molecule has 2 aliphatic heterocycles. The highest BCUT2D eigenvalue weighted by molar-refractivity contribution is 6.02. The molecule has 8 heteroatoms. The fourth-order valence-corrected chi connectivity index (χ4v) is 3.73. The molecule has 1 spiro atoms. The first-order valence-electron chi connectivity index (χ1n) is 9.88. The molecule has 0 bridgehead atoms. The highest BCUT2D eigenvalue weighted by atomic mass is 16.7. The Kier molecular flexibility index (Phi) is 5.07. The molecule has 0 aromatic carbocycles. The second kappa shape index (κ2) is 7.52. The minimum Gasteiger partial charge on any atom is -0.348 e. The molecule has 2 aromatic heterocycles. The fourth-order valence-electron chi connectivity index (χ4n) is 3.73. The number of fused-ring (bicyclic) bond motifs is 1. The molecule has 2 amide bonds. The number of ether oxygens (including phenoxy) is 2. The van der Waals surface area contributed by atoms with E-state index >= 15 is 0 Å². The molecule has 0 radical (unpaired) electrons. The number of pyridine rings is 1. The molecular formula is C20H26N4O4. The van der Waals surface area contributed by atoms with Gasteiger partial charge in [-0.1, -0.05) is 13.0 Å². The first-order chi connectivity index (χ1) is 13.5. The molecule has 2 aliphatic rings. The van der Waals surface area contributed by atoms with Crippen LogP contribution in [-0.2, 0) is 9.47 Å². The largest absolute Gasteiger partial charge is 0.348 e. The van der Waals surface area contributed by atoms with Crippen molar-refractivity contribution < 1.29 is 19.1 Å². The fraction of sp³-hybridized carbons (Fsp3) is 0.550. The molecule has 8 nitrogen and oxygen atoms in total. The van der Waals surface area contributed by atoms with Crippen LogP contribution >= 0.6 is 0 Å². The SMILES string of the molecule is CCC(C)NC(=O)c1nc(C(=O)N2CCC3(CC2)OCCO3)n2ccccc12. The van der Waals surface area contributed by atoms with Crippen molar-refractivity contribution in [2.24, 2.45) is 0 Å². The molecule has 1 unspecified atom stereocenters. The number of likely N-dealkylation sites (tertiary alicyclic amines) is 1. The van der Waals surface area contributed by atoms with Gasteiger partial charge in [-0.05, 0) is 25.5 Å². The summed E-state index contributed by atoms with van der Waals surface area (Å²) in [5, 5.41) is 2.93. The summed E-state index contributed by atoms with van der Waals surface area (Å²) >= 11 is 0. The number of nitrogens with zero attached hydrogens (tertiary/aromatic N) is 3. The van der Waals surface area contributed by atoms with Crippen LogP contribution in [0.15, 0.2) is 24.4 Å². The zero-order valence-electron chi connectivity index (χ0n) is 16.3. The number of carbonyl (C=O) groups excluding carboxylic acids is 2. The molecule has 1 atom stereocenters. The summed E-state index contributed by atoms with van der Waals surface area (Å²) in [6.07, 6.45) is 3.88. The minimum atomic E-state index is -0.535. The van der Waals surface area contributed by atoms with Gasteiger partial charge in [0.15, 0.2) is 11.5 Å². The van der Waals surface area contributed by atoms with E-state index in [1.165, 1.54) is 0 Å². The summed E-state index contributed by atoms with van der Waals surface area (Å²) in [6.45, 7) is 6.23. The first kappa shape index (κ1) is 18.9. The summed E-state index contributed by atoms with van der Waals surface area (Å²) in [6, 6.07) is 5.51. The topological polar surface area (TPSA) is 85.2 Å². The molecule has 28 heavy (non-hydrogen) atoms. The van der Waals surface area contributed by atoms with Crippen LogP contribution in [0.4, 0.5) is 0 Å². The Bertz CT molecular complexity index is 877. The third-order valence-corrected chi connectivity index (χ3v) is 5.57. The number of aromatic nitrogens is 2. The smallest absolute Gasteiger partial charge is 0.290 e. The van der Waals surface area contributed by atoms with E-state index in [4.69, 9.17) is 9.47 Å². The molecule has 2 saturated heterocycles. The molecule has 0 aliphatic carbocycles. The van der Waals surface area contributed by atoms with Crippen molar-refractivity contribution in [3.05, 3.63) is 35.9 Å². The quantitative estimate of drug-likeness (QED) is 0.867. The Morgan fingerprint density at radius 3 is 2.64 bits per heavy atom. The van der Waals surface area contributed by atoms with Gasteiger partial charge < -0.3 is 19.7 Å². The summed E-state index contributed by atoms with van der Waals surface area (Å²) in [7, 11) is 0. The molecule has 1 N–H and O–H groups in total. The second-order valence-corrected chi connectivity index (χ2v) is 7.42. The molecule has 4 heterocycles. The zero-order chi connectivity index (χ0) is 19.7. The van der Waals surface area contributed by atoms with E-state index in [2.05, 4.69) is 10.3 Å². The average Bonchev–Trinajstić information content (AvgIpc) is 3.33. The second-order valence-electron chi connectivity index (χ2n) is 7.42. The van der Waals surface area contributed by atoms with E-state index in [-0.39, 0.29) is 29.4 Å². The lowest BCUT2D eigenvalue weighted by molar-refractivity contribution is -0.181. The maximum atomic E-state index is 13.2. The van der Waals surface area contributed by atoms with Crippen molar-refractivity contribution in [1.29, 1.82) is 0 Å². The summed E-state index contributed by atoms with van der Waals surface area (Å²) in [5.41, 5.74) is 0.905. The highest BCUT2D eigenvalue weighted by Crippen LogP contribution is 2.31. The van der Waals surface area contributed by atoms with Crippen LogP contribution in [0.25, 0.3) is 5.52 Å². The summed E-state index contributed by atoms with van der Waals surface area (Å²) in [5.74, 6) is -0.722. The molecule has 2 fully saturated rings. The third kappa shape index (κ3) is 3.38.